The lowest BCUT2D eigenvalue weighted by molar-refractivity contribution is -0.127. The topological polar surface area (TPSA) is 75.7 Å². The van der Waals surface area contributed by atoms with Crippen molar-refractivity contribution in [2.24, 2.45) is 0 Å². The Labute approximate surface area is 175 Å². The molecule has 1 fully saturated rings. The molecule has 0 aromatic heterocycles. The highest BCUT2D eigenvalue weighted by Gasteiger charge is 2.27. The lowest BCUT2D eigenvalue weighted by atomic mass is 10.1. The fraction of sp³-hybridized carbons (Fsp3) is 0.318. The molecular weight excluding hydrogens is 407 g/mol. The van der Waals surface area contributed by atoms with Crippen LogP contribution in [0.1, 0.15) is 24.0 Å². The van der Waals surface area contributed by atoms with Crippen LogP contribution < -0.4 is 9.46 Å². The molecule has 2 aliphatic rings. The third kappa shape index (κ3) is 4.71. The Hall–Kier alpha value is -2.71. The lowest BCUT2D eigenvalue weighted by Crippen LogP contribution is -2.49. The minimum atomic E-state index is -3.85. The summed E-state index contributed by atoms with van der Waals surface area (Å²) in [7, 11) is -3.85. The van der Waals surface area contributed by atoms with Crippen molar-refractivity contribution in [3.8, 4) is 5.75 Å². The number of halogens is 1. The number of sulfonamides is 1. The normalized spacial score (nSPS) is 19.0. The largest absolute Gasteiger partial charge is 0.493 e. The molecule has 2 aromatic carbocycles. The zero-order valence-corrected chi connectivity index (χ0v) is 17.2. The molecule has 8 heteroatoms. The number of hydrogen-bond donors (Lipinski definition) is 1. The molecule has 1 N–H and O–H groups in total. The van der Waals surface area contributed by atoms with E-state index in [1.54, 1.807) is 11.0 Å². The van der Waals surface area contributed by atoms with Crippen molar-refractivity contribution in [1.29, 1.82) is 0 Å². The van der Waals surface area contributed by atoms with E-state index in [1.807, 2.05) is 18.2 Å². The van der Waals surface area contributed by atoms with Crippen LogP contribution in [0, 0.1) is 5.82 Å². The van der Waals surface area contributed by atoms with Gasteiger partial charge < -0.3 is 9.64 Å². The first-order valence-corrected chi connectivity index (χ1v) is 11.4. The summed E-state index contributed by atoms with van der Waals surface area (Å²) in [6.07, 6.45) is 5.45. The maximum Gasteiger partial charge on any atom is 0.246 e. The number of benzene rings is 2. The highest BCUT2D eigenvalue weighted by Crippen LogP contribution is 2.26. The van der Waals surface area contributed by atoms with Gasteiger partial charge in [-0.25, -0.2) is 17.5 Å². The Bertz CT molecular complexity index is 1080. The zero-order chi connectivity index (χ0) is 21.1. The first-order valence-electron chi connectivity index (χ1n) is 9.91. The van der Waals surface area contributed by atoms with Crippen LogP contribution in [-0.2, 0) is 21.2 Å². The maximum absolute atomic E-state index is 13.4. The number of likely N-dealkylation sites (tertiary alicyclic amines) is 1. The minimum Gasteiger partial charge on any atom is -0.493 e. The Balaban J connectivity index is 1.39. The smallest absolute Gasteiger partial charge is 0.246 e. The van der Waals surface area contributed by atoms with E-state index in [4.69, 9.17) is 4.74 Å². The molecule has 2 heterocycles. The summed E-state index contributed by atoms with van der Waals surface area (Å²) < 4.78 is 46.5. The predicted octanol–water partition coefficient (Wildman–Crippen LogP) is 2.74. The number of nitrogens with one attached hydrogen (secondary N) is 1. The van der Waals surface area contributed by atoms with Crippen molar-refractivity contribution in [3.05, 3.63) is 65.5 Å². The van der Waals surface area contributed by atoms with E-state index >= 15 is 0 Å². The van der Waals surface area contributed by atoms with Gasteiger partial charge in [-0.3, -0.25) is 4.79 Å². The van der Waals surface area contributed by atoms with Crippen LogP contribution in [0.25, 0.3) is 6.08 Å². The van der Waals surface area contributed by atoms with Gasteiger partial charge >= 0.3 is 0 Å². The summed E-state index contributed by atoms with van der Waals surface area (Å²) in [6, 6.07) is 10.3. The van der Waals surface area contributed by atoms with E-state index in [1.165, 1.54) is 24.3 Å². The van der Waals surface area contributed by atoms with Crippen LogP contribution in [0.3, 0.4) is 0 Å². The highest BCUT2D eigenvalue weighted by atomic mass is 32.2. The van der Waals surface area contributed by atoms with Gasteiger partial charge in [0, 0.05) is 31.6 Å². The molecule has 1 saturated heterocycles. The van der Waals surface area contributed by atoms with Crippen LogP contribution in [0.5, 0.6) is 5.75 Å². The molecule has 2 aliphatic heterocycles. The number of carbonyl (C=O) groups is 1. The second-order valence-corrected chi connectivity index (χ2v) is 9.22. The van der Waals surface area contributed by atoms with E-state index in [0.717, 1.165) is 29.4 Å². The quantitative estimate of drug-likeness (QED) is 0.741. The molecule has 30 heavy (non-hydrogen) atoms. The number of amides is 1. The van der Waals surface area contributed by atoms with Gasteiger partial charge in [0.25, 0.3) is 0 Å². The number of rotatable bonds is 5. The molecule has 0 spiro atoms. The molecule has 6 nitrogen and oxygen atoms in total. The van der Waals surface area contributed by atoms with Gasteiger partial charge in [0.1, 0.15) is 11.6 Å². The highest BCUT2D eigenvalue weighted by molar-refractivity contribution is 7.89. The second kappa shape index (κ2) is 8.57. The standard InChI is InChI=1S/C22H23FN2O4S/c23-18-3-1-5-20(14-18)30(27,28)24-19-4-2-11-25(15-19)22(26)9-7-16-6-8-21-17(13-16)10-12-29-21/h1,3,5-9,13-14,19,24H,2,4,10-12,15H2. The van der Waals surface area contributed by atoms with E-state index < -0.39 is 21.9 Å². The zero-order valence-electron chi connectivity index (χ0n) is 16.4. The number of piperidine rings is 1. The van der Waals surface area contributed by atoms with E-state index in [0.29, 0.717) is 26.0 Å². The Morgan fingerprint density at radius 1 is 1.23 bits per heavy atom. The van der Waals surface area contributed by atoms with Crippen molar-refractivity contribution in [3.63, 3.8) is 0 Å². The maximum atomic E-state index is 13.4. The predicted molar refractivity (Wildman–Crippen MR) is 111 cm³/mol. The van der Waals surface area contributed by atoms with Crippen LogP contribution >= 0.6 is 0 Å². The number of ether oxygens (including phenoxy) is 1. The fourth-order valence-corrected chi connectivity index (χ4v) is 5.07. The lowest BCUT2D eigenvalue weighted by Gasteiger charge is -2.32. The summed E-state index contributed by atoms with van der Waals surface area (Å²) in [6.45, 7) is 1.53. The van der Waals surface area contributed by atoms with Gasteiger partial charge in [-0.05, 0) is 60.4 Å². The first kappa shape index (κ1) is 20.6. The summed E-state index contributed by atoms with van der Waals surface area (Å²) >= 11 is 0. The molecule has 4 rings (SSSR count). The first-order chi connectivity index (χ1) is 14.4. The third-order valence-electron chi connectivity index (χ3n) is 5.29. The van der Waals surface area contributed by atoms with Crippen LogP contribution in [0.4, 0.5) is 4.39 Å². The Kier molecular flexibility index (Phi) is 5.87. The Morgan fingerprint density at radius 3 is 2.93 bits per heavy atom. The van der Waals surface area contributed by atoms with Gasteiger partial charge in [0.15, 0.2) is 0 Å². The van der Waals surface area contributed by atoms with E-state index in [2.05, 4.69) is 4.72 Å². The van der Waals surface area contributed by atoms with Crippen molar-refractivity contribution >= 4 is 22.0 Å². The molecule has 1 amide bonds. The third-order valence-corrected chi connectivity index (χ3v) is 6.81. The average Bonchev–Trinajstić information content (AvgIpc) is 3.20. The minimum absolute atomic E-state index is 0.119. The molecule has 0 saturated carbocycles. The van der Waals surface area contributed by atoms with Gasteiger partial charge in [-0.1, -0.05) is 12.1 Å². The number of hydrogen-bond acceptors (Lipinski definition) is 4. The van der Waals surface area contributed by atoms with Gasteiger partial charge in [0.2, 0.25) is 15.9 Å². The molecule has 0 radical (unpaired) electrons. The van der Waals surface area contributed by atoms with Gasteiger partial charge in [-0.2, -0.15) is 0 Å². The van der Waals surface area contributed by atoms with Crippen LogP contribution in [-0.4, -0.2) is 45.0 Å². The van der Waals surface area contributed by atoms with Gasteiger partial charge in [0.05, 0.1) is 11.5 Å². The summed E-state index contributed by atoms with van der Waals surface area (Å²) in [5.74, 6) is 0.117. The summed E-state index contributed by atoms with van der Waals surface area (Å²) in [5, 5.41) is 0. The van der Waals surface area contributed by atoms with Gasteiger partial charge in [-0.15, -0.1) is 0 Å². The molecule has 1 unspecified atom stereocenters. The fourth-order valence-electron chi connectivity index (χ4n) is 3.78. The average molecular weight is 431 g/mol. The monoisotopic (exact) mass is 430 g/mol. The number of fused-ring (bicyclic) bond motifs is 1. The van der Waals surface area contributed by atoms with Crippen molar-refractivity contribution in [1.82, 2.24) is 9.62 Å². The molecular formula is C22H23FN2O4S. The molecule has 2 aromatic rings. The van der Waals surface area contributed by atoms with Crippen molar-refractivity contribution < 1.29 is 22.3 Å². The van der Waals surface area contributed by atoms with Crippen LogP contribution in [0.15, 0.2) is 53.4 Å². The number of nitrogens with zero attached hydrogens (tertiary/aromatic N) is 1. The van der Waals surface area contributed by atoms with Crippen LogP contribution in [0.2, 0.25) is 0 Å². The Morgan fingerprint density at radius 2 is 2.10 bits per heavy atom. The van der Waals surface area contributed by atoms with E-state index in [9.17, 15) is 17.6 Å². The van der Waals surface area contributed by atoms with Crippen molar-refractivity contribution in [2.45, 2.75) is 30.2 Å². The second-order valence-electron chi connectivity index (χ2n) is 7.50. The van der Waals surface area contributed by atoms with E-state index in [-0.39, 0.29) is 17.3 Å². The van der Waals surface area contributed by atoms with Crippen molar-refractivity contribution in [2.75, 3.05) is 19.7 Å². The molecule has 0 aliphatic carbocycles. The molecule has 0 bridgehead atoms. The molecule has 1 atom stereocenters. The summed E-state index contributed by atoms with van der Waals surface area (Å²) in [5.41, 5.74) is 2.06. The summed E-state index contributed by atoms with van der Waals surface area (Å²) in [4.78, 5) is 14.1. The SMILES string of the molecule is O=C(C=Cc1ccc2c(c1)CCO2)N1CCCC(NS(=O)(=O)c2cccc(F)c2)C1. The number of carbonyl (C=O) groups excluding carboxylic acids is 1. The molecule has 158 valence electrons.